The van der Waals surface area contributed by atoms with Crippen LogP contribution < -0.4 is 10.1 Å². The fourth-order valence-electron chi connectivity index (χ4n) is 3.57. The first-order chi connectivity index (χ1) is 14.7. The van der Waals surface area contributed by atoms with Gasteiger partial charge in [-0.15, -0.1) is 0 Å². The number of halogens is 3. The van der Waals surface area contributed by atoms with Crippen LogP contribution in [0.2, 0.25) is 0 Å². The van der Waals surface area contributed by atoms with Crippen LogP contribution in [0, 0.1) is 6.92 Å². The van der Waals surface area contributed by atoms with Gasteiger partial charge in [0.15, 0.2) is 5.69 Å². The lowest BCUT2D eigenvalue weighted by atomic mass is 10.2. The maximum absolute atomic E-state index is 13.0. The molecule has 0 radical (unpaired) electrons. The summed E-state index contributed by atoms with van der Waals surface area (Å²) in [6, 6.07) is 3.69. The van der Waals surface area contributed by atoms with Gasteiger partial charge in [-0.25, -0.2) is 0 Å². The third kappa shape index (κ3) is 4.97. The van der Waals surface area contributed by atoms with Gasteiger partial charge in [0.1, 0.15) is 24.4 Å². The monoisotopic (exact) mass is 437 g/mol. The van der Waals surface area contributed by atoms with E-state index in [1.165, 1.54) is 18.0 Å². The predicted octanol–water partition coefficient (Wildman–Crippen LogP) is 1.93. The van der Waals surface area contributed by atoms with E-state index in [-0.39, 0.29) is 30.6 Å². The van der Waals surface area contributed by atoms with E-state index in [0.29, 0.717) is 5.75 Å². The van der Waals surface area contributed by atoms with Crippen molar-refractivity contribution >= 4 is 11.8 Å². The van der Waals surface area contributed by atoms with Gasteiger partial charge >= 0.3 is 6.18 Å². The molecule has 1 N–H and O–H groups in total. The van der Waals surface area contributed by atoms with Crippen molar-refractivity contribution in [3.05, 3.63) is 42.0 Å². The molecule has 2 aromatic heterocycles. The quantitative estimate of drug-likeness (QED) is 0.746. The number of ether oxygens (including phenoxy) is 1. The molecule has 2 fully saturated rings. The summed E-state index contributed by atoms with van der Waals surface area (Å²) < 4.78 is 45.7. The normalized spacial score (nSPS) is 21.2. The molecule has 1 saturated heterocycles. The Hall–Kier alpha value is -3.11. The van der Waals surface area contributed by atoms with Gasteiger partial charge in [-0.3, -0.25) is 19.3 Å². The third-order valence-electron chi connectivity index (χ3n) is 5.30. The number of pyridine rings is 1. The van der Waals surface area contributed by atoms with Gasteiger partial charge in [-0.2, -0.15) is 18.3 Å². The van der Waals surface area contributed by atoms with E-state index >= 15 is 0 Å². The molecule has 1 saturated carbocycles. The molecule has 2 atom stereocenters. The smallest absolute Gasteiger partial charge is 0.435 e. The molecule has 1 aliphatic carbocycles. The Kier molecular flexibility index (Phi) is 5.59. The minimum atomic E-state index is -4.60. The first-order valence-corrected chi connectivity index (χ1v) is 9.99. The van der Waals surface area contributed by atoms with Crippen molar-refractivity contribution in [3.8, 4) is 5.75 Å². The van der Waals surface area contributed by atoms with Crippen LogP contribution in [0.5, 0.6) is 5.75 Å². The van der Waals surface area contributed by atoms with Crippen LogP contribution in [-0.4, -0.2) is 56.2 Å². The number of hydrogen-bond acceptors (Lipinski definition) is 5. The van der Waals surface area contributed by atoms with Gasteiger partial charge in [-0.05, 0) is 38.0 Å². The predicted molar refractivity (Wildman–Crippen MR) is 102 cm³/mol. The SMILES string of the molecule is Cc1cc(C(F)(F)F)nn1CC(=O)N1C[C@@H](Oc2cccnc2)C[C@H]1C(=O)NC1CC1. The first-order valence-electron chi connectivity index (χ1n) is 9.99. The average molecular weight is 437 g/mol. The number of carbonyl (C=O) groups excluding carboxylic acids is 2. The van der Waals surface area contributed by atoms with Crippen LogP contribution in [0.1, 0.15) is 30.7 Å². The molecule has 1 aliphatic heterocycles. The summed E-state index contributed by atoms with van der Waals surface area (Å²) in [6.07, 6.45) is 0.185. The molecule has 0 aromatic carbocycles. The number of aromatic nitrogens is 3. The van der Waals surface area contributed by atoms with E-state index in [2.05, 4.69) is 15.4 Å². The van der Waals surface area contributed by atoms with Gasteiger partial charge in [-0.1, -0.05) is 0 Å². The zero-order valence-electron chi connectivity index (χ0n) is 16.8. The molecule has 2 aromatic rings. The van der Waals surface area contributed by atoms with Gasteiger partial charge in [0.2, 0.25) is 11.8 Å². The average Bonchev–Trinajstić information content (AvgIpc) is 3.29. The van der Waals surface area contributed by atoms with Crippen LogP contribution in [-0.2, 0) is 22.3 Å². The Morgan fingerprint density at radius 3 is 2.71 bits per heavy atom. The molecule has 2 aliphatic rings. The zero-order valence-corrected chi connectivity index (χ0v) is 16.8. The number of carbonyl (C=O) groups is 2. The number of nitrogens with zero attached hydrogens (tertiary/aromatic N) is 4. The van der Waals surface area contributed by atoms with Crippen molar-refractivity contribution in [2.24, 2.45) is 0 Å². The lowest BCUT2D eigenvalue weighted by Gasteiger charge is -2.23. The number of alkyl halides is 3. The van der Waals surface area contributed by atoms with E-state index in [0.717, 1.165) is 23.6 Å². The maximum atomic E-state index is 13.0. The van der Waals surface area contributed by atoms with Gasteiger partial charge in [0, 0.05) is 24.4 Å². The number of aryl methyl sites for hydroxylation is 1. The molecule has 166 valence electrons. The van der Waals surface area contributed by atoms with E-state index < -0.39 is 36.5 Å². The molecule has 8 nitrogen and oxygen atoms in total. The number of amides is 2. The summed E-state index contributed by atoms with van der Waals surface area (Å²) >= 11 is 0. The van der Waals surface area contributed by atoms with Gasteiger partial charge < -0.3 is 15.0 Å². The summed E-state index contributed by atoms with van der Waals surface area (Å²) in [6.45, 7) is 1.20. The molecule has 11 heteroatoms. The highest BCUT2D eigenvalue weighted by Gasteiger charge is 2.42. The van der Waals surface area contributed by atoms with E-state index in [1.807, 2.05) is 0 Å². The van der Waals surface area contributed by atoms with E-state index in [4.69, 9.17) is 4.74 Å². The second kappa shape index (κ2) is 8.20. The summed E-state index contributed by atoms with van der Waals surface area (Å²) in [5.41, 5.74) is -0.845. The highest BCUT2D eigenvalue weighted by molar-refractivity contribution is 5.88. The largest absolute Gasteiger partial charge is 0.487 e. The highest BCUT2D eigenvalue weighted by Crippen LogP contribution is 2.29. The fraction of sp³-hybridized carbons (Fsp3) is 0.500. The number of rotatable bonds is 6. The zero-order chi connectivity index (χ0) is 22.2. The maximum Gasteiger partial charge on any atom is 0.435 e. The molecule has 0 unspecified atom stereocenters. The van der Waals surface area contributed by atoms with Crippen molar-refractivity contribution in [1.29, 1.82) is 0 Å². The second-order valence-electron chi connectivity index (χ2n) is 7.84. The minimum absolute atomic E-state index is 0.116. The van der Waals surface area contributed by atoms with Crippen molar-refractivity contribution in [3.63, 3.8) is 0 Å². The van der Waals surface area contributed by atoms with Gasteiger partial charge in [0.25, 0.3) is 0 Å². The summed E-state index contributed by atoms with van der Waals surface area (Å²) in [5, 5.41) is 6.40. The first kappa shape index (κ1) is 21.1. The summed E-state index contributed by atoms with van der Waals surface area (Å²) in [7, 11) is 0. The molecule has 4 rings (SSSR count). The fourth-order valence-corrected chi connectivity index (χ4v) is 3.57. The van der Waals surface area contributed by atoms with Crippen molar-refractivity contribution in [2.75, 3.05) is 6.54 Å². The summed E-state index contributed by atoms with van der Waals surface area (Å²) in [5.74, 6) is -0.254. The van der Waals surface area contributed by atoms with Crippen molar-refractivity contribution in [2.45, 2.75) is 57.1 Å². The molecule has 0 bridgehead atoms. The van der Waals surface area contributed by atoms with Crippen LogP contribution in [0.4, 0.5) is 13.2 Å². The number of likely N-dealkylation sites (tertiary alicyclic amines) is 1. The van der Waals surface area contributed by atoms with Crippen molar-refractivity contribution in [1.82, 2.24) is 25.0 Å². The van der Waals surface area contributed by atoms with Crippen LogP contribution in [0.25, 0.3) is 0 Å². The Morgan fingerprint density at radius 1 is 1.32 bits per heavy atom. The molecular weight excluding hydrogens is 415 g/mol. The molecule has 2 amide bonds. The molecule has 31 heavy (non-hydrogen) atoms. The third-order valence-corrected chi connectivity index (χ3v) is 5.30. The van der Waals surface area contributed by atoms with Crippen LogP contribution in [0.3, 0.4) is 0 Å². The molecule has 0 spiro atoms. The van der Waals surface area contributed by atoms with E-state index in [1.54, 1.807) is 18.3 Å². The lowest BCUT2D eigenvalue weighted by Crippen LogP contribution is -2.47. The van der Waals surface area contributed by atoms with Crippen LogP contribution >= 0.6 is 0 Å². The van der Waals surface area contributed by atoms with Crippen LogP contribution in [0.15, 0.2) is 30.6 Å². The Balaban J connectivity index is 1.49. The minimum Gasteiger partial charge on any atom is -0.487 e. The molecular formula is C20H22F3N5O3. The topological polar surface area (TPSA) is 89.3 Å². The molecule has 3 heterocycles. The second-order valence-corrected chi connectivity index (χ2v) is 7.84. The number of nitrogens with one attached hydrogen (secondary N) is 1. The Labute approximate surface area is 176 Å². The standard InChI is InChI=1S/C20H22F3N5O3/c1-12-7-17(20(21,22)23)26-28(12)11-18(29)27-10-15(31-14-3-2-6-24-9-14)8-16(27)19(30)25-13-4-5-13/h2-3,6-7,9,13,15-16H,4-5,8,10-11H2,1H3,(H,25,30)/t15-,16-/m0/s1. The van der Waals surface area contributed by atoms with Crippen molar-refractivity contribution < 1.29 is 27.5 Å². The summed E-state index contributed by atoms with van der Waals surface area (Å²) in [4.78, 5) is 31.0. The van der Waals surface area contributed by atoms with E-state index in [9.17, 15) is 22.8 Å². The Bertz CT molecular complexity index is 959. The Morgan fingerprint density at radius 2 is 2.10 bits per heavy atom. The highest BCUT2D eigenvalue weighted by atomic mass is 19.4. The lowest BCUT2D eigenvalue weighted by molar-refractivity contribution is -0.142. The van der Waals surface area contributed by atoms with Gasteiger partial charge in [0.05, 0.1) is 12.7 Å². The number of hydrogen-bond donors (Lipinski definition) is 1.